The molecular weight excluding hydrogens is 156 g/mol. The van der Waals surface area contributed by atoms with E-state index in [2.05, 4.69) is 9.66 Å². The SMILES string of the molecule is N1NSSSS1. The van der Waals surface area contributed by atoms with Crippen LogP contribution in [-0.2, 0) is 0 Å². The van der Waals surface area contributed by atoms with Gasteiger partial charge in [0.25, 0.3) is 0 Å². The molecule has 0 aromatic rings. The second-order valence-electron chi connectivity index (χ2n) is 0.507. The van der Waals surface area contributed by atoms with Gasteiger partial charge in [-0.2, -0.15) is 9.66 Å². The van der Waals surface area contributed by atoms with E-state index in [0.717, 1.165) is 0 Å². The maximum absolute atomic E-state index is 2.86. The third kappa shape index (κ3) is 1.85. The van der Waals surface area contributed by atoms with Crippen molar-refractivity contribution in [2.75, 3.05) is 0 Å². The Morgan fingerprint density at radius 3 is 1.50 bits per heavy atom. The van der Waals surface area contributed by atoms with Crippen molar-refractivity contribution < 1.29 is 0 Å². The van der Waals surface area contributed by atoms with E-state index >= 15 is 0 Å². The lowest BCUT2D eigenvalue weighted by atomic mass is 13.0. The third-order valence-corrected chi connectivity index (χ3v) is 5.21. The highest BCUT2D eigenvalue weighted by Gasteiger charge is 1.96. The molecule has 0 spiro atoms. The maximum atomic E-state index is 2.86. The molecule has 0 unspecified atom stereocenters. The van der Waals surface area contributed by atoms with Gasteiger partial charge in [0.15, 0.2) is 0 Å². The Morgan fingerprint density at radius 2 is 1.33 bits per heavy atom. The van der Waals surface area contributed by atoms with E-state index in [1.165, 1.54) is 0 Å². The van der Waals surface area contributed by atoms with E-state index in [9.17, 15) is 0 Å². The van der Waals surface area contributed by atoms with Crippen LogP contribution in [0.1, 0.15) is 0 Å². The lowest BCUT2D eigenvalue weighted by Gasteiger charge is -2.06. The predicted octanol–water partition coefficient (Wildman–Crippen LogP) is 1.60. The number of hydrazine groups is 1. The van der Waals surface area contributed by atoms with Gasteiger partial charge in [0.05, 0.1) is 0 Å². The molecule has 0 bridgehead atoms. The summed E-state index contributed by atoms with van der Waals surface area (Å²) in [7, 11) is 6.62. The molecule has 6 heavy (non-hydrogen) atoms. The Labute approximate surface area is 51.4 Å². The number of hydrogen-bond acceptors (Lipinski definition) is 6. The summed E-state index contributed by atoms with van der Waals surface area (Å²) in [4.78, 5) is 5.71. The minimum atomic E-state index is 1.59. The Hall–Kier alpha value is 1.32. The standard InChI is InChI=1S/H2N2S4/c1-2-4-6-5-3-1/h1-2H. The summed E-state index contributed by atoms with van der Waals surface area (Å²) >= 11 is 0. The Balaban J connectivity index is 2.00. The molecule has 0 aromatic heterocycles. The van der Waals surface area contributed by atoms with Gasteiger partial charge >= 0.3 is 0 Å². The number of nitrogens with one attached hydrogen (secondary N) is 2. The molecule has 36 valence electrons. The minimum absolute atomic E-state index is 1.59. The smallest absolute Gasteiger partial charge is 0.0171 e. The van der Waals surface area contributed by atoms with E-state index in [-0.39, 0.29) is 0 Å². The highest BCUT2D eigenvalue weighted by atomic mass is 33.7. The van der Waals surface area contributed by atoms with E-state index in [1.54, 1.807) is 41.6 Å². The summed E-state index contributed by atoms with van der Waals surface area (Å²) in [5.74, 6) is 0. The van der Waals surface area contributed by atoms with Crippen molar-refractivity contribution in [1.29, 1.82) is 0 Å². The van der Waals surface area contributed by atoms with Crippen LogP contribution in [0.2, 0.25) is 0 Å². The fraction of sp³-hybridized carbons (Fsp3) is 0. The van der Waals surface area contributed by atoms with Gasteiger partial charge in [-0.15, -0.1) is 0 Å². The van der Waals surface area contributed by atoms with Crippen LogP contribution in [-0.4, -0.2) is 0 Å². The first-order chi connectivity index (χ1) is 3.00. The first-order valence-electron chi connectivity index (χ1n) is 1.16. The van der Waals surface area contributed by atoms with Crippen molar-refractivity contribution in [1.82, 2.24) is 9.66 Å². The molecule has 0 aliphatic carbocycles. The number of rotatable bonds is 0. The molecule has 0 atom stereocenters. The Kier molecular flexibility index (Phi) is 3.04. The zero-order chi connectivity index (χ0) is 4.24. The fourth-order valence-electron chi connectivity index (χ4n) is 0.0958. The Bertz CT molecular complexity index is 21.0. The van der Waals surface area contributed by atoms with Gasteiger partial charge in [-0.3, -0.25) is 0 Å². The van der Waals surface area contributed by atoms with Gasteiger partial charge in [0.2, 0.25) is 0 Å². The molecule has 0 amide bonds. The van der Waals surface area contributed by atoms with Crippen LogP contribution in [0.15, 0.2) is 0 Å². The summed E-state index contributed by atoms with van der Waals surface area (Å²) in [5.41, 5.74) is 0. The first kappa shape index (κ1) is 5.46. The van der Waals surface area contributed by atoms with E-state index in [0.29, 0.717) is 0 Å². The van der Waals surface area contributed by atoms with Gasteiger partial charge in [-0.05, 0) is 0 Å². The van der Waals surface area contributed by atoms with Crippen LogP contribution < -0.4 is 9.66 Å². The van der Waals surface area contributed by atoms with Gasteiger partial charge in [-0.25, -0.2) is 0 Å². The van der Waals surface area contributed by atoms with Crippen molar-refractivity contribution in [2.45, 2.75) is 0 Å². The van der Waals surface area contributed by atoms with Crippen LogP contribution in [0, 0.1) is 0 Å². The summed E-state index contributed by atoms with van der Waals surface area (Å²) in [6, 6.07) is 0. The van der Waals surface area contributed by atoms with Crippen molar-refractivity contribution in [3.63, 3.8) is 0 Å². The largest absolute Gasteiger partial charge is 0.180 e. The van der Waals surface area contributed by atoms with E-state index in [1.807, 2.05) is 0 Å². The van der Waals surface area contributed by atoms with Gasteiger partial charge < -0.3 is 0 Å². The molecule has 1 aliphatic rings. The van der Waals surface area contributed by atoms with Crippen LogP contribution in [0.3, 0.4) is 0 Å². The zero-order valence-corrected chi connectivity index (χ0v) is 5.90. The van der Waals surface area contributed by atoms with Crippen molar-refractivity contribution in [3.8, 4) is 0 Å². The zero-order valence-electron chi connectivity index (χ0n) is 2.63. The summed E-state index contributed by atoms with van der Waals surface area (Å²) in [6.07, 6.45) is 0. The number of hydrogen-bond donors (Lipinski definition) is 2. The highest BCUT2D eigenvalue weighted by Crippen LogP contribution is 2.42. The lowest BCUT2D eigenvalue weighted by molar-refractivity contribution is 1.02. The van der Waals surface area contributed by atoms with Gasteiger partial charge in [0, 0.05) is 41.6 Å². The lowest BCUT2D eigenvalue weighted by Crippen LogP contribution is -2.15. The maximum Gasteiger partial charge on any atom is 0.0171 e. The summed E-state index contributed by atoms with van der Waals surface area (Å²) < 4.78 is 0. The molecule has 0 saturated carbocycles. The summed E-state index contributed by atoms with van der Waals surface area (Å²) in [6.45, 7) is 0. The molecule has 0 radical (unpaired) electrons. The molecule has 1 heterocycles. The van der Waals surface area contributed by atoms with Crippen molar-refractivity contribution in [2.24, 2.45) is 0 Å². The second-order valence-corrected chi connectivity index (χ2v) is 5.79. The molecule has 1 aliphatic heterocycles. The quantitative estimate of drug-likeness (QED) is 0.410. The van der Waals surface area contributed by atoms with Crippen LogP contribution in [0.5, 0.6) is 0 Å². The highest BCUT2D eigenvalue weighted by molar-refractivity contribution is 9.26. The van der Waals surface area contributed by atoms with Crippen molar-refractivity contribution in [3.05, 3.63) is 0 Å². The molecule has 2 nitrogen and oxygen atoms in total. The van der Waals surface area contributed by atoms with Crippen LogP contribution in [0.4, 0.5) is 0 Å². The van der Waals surface area contributed by atoms with E-state index in [4.69, 9.17) is 0 Å². The van der Waals surface area contributed by atoms with Crippen molar-refractivity contribution >= 4 is 41.6 Å². The third-order valence-electron chi connectivity index (χ3n) is 0.221. The first-order valence-corrected chi connectivity index (χ1v) is 5.97. The monoisotopic (exact) mass is 158 g/mol. The topological polar surface area (TPSA) is 24.1 Å². The molecule has 2 N–H and O–H groups in total. The normalized spacial score (nSPS) is 24.0. The molecule has 6 heteroatoms. The predicted molar refractivity (Wildman–Crippen MR) is 36.6 cm³/mol. The molecule has 1 rings (SSSR count). The van der Waals surface area contributed by atoms with Gasteiger partial charge in [0.1, 0.15) is 0 Å². The van der Waals surface area contributed by atoms with Crippen LogP contribution >= 0.6 is 41.6 Å². The fourth-order valence-corrected chi connectivity index (χ4v) is 4.09. The van der Waals surface area contributed by atoms with E-state index < -0.39 is 0 Å². The average Bonchev–Trinajstić information content (AvgIpc) is 1.72. The Morgan fingerprint density at radius 1 is 0.833 bits per heavy atom. The second kappa shape index (κ2) is 3.34. The summed E-state index contributed by atoms with van der Waals surface area (Å²) in [5, 5.41) is 0. The minimum Gasteiger partial charge on any atom is -0.180 e. The molecule has 1 fully saturated rings. The van der Waals surface area contributed by atoms with Gasteiger partial charge in [-0.1, -0.05) is 0 Å². The van der Waals surface area contributed by atoms with Crippen LogP contribution in [0.25, 0.3) is 0 Å². The molecule has 1 saturated heterocycles. The average molecular weight is 158 g/mol. The molecular formula is H2N2S4. The molecule has 0 aromatic carbocycles.